The van der Waals surface area contributed by atoms with E-state index in [4.69, 9.17) is 14.5 Å². The van der Waals surface area contributed by atoms with Crippen LogP contribution >= 0.6 is 11.8 Å². The largest absolute Gasteiger partial charge is 0.497 e. The van der Waals surface area contributed by atoms with Crippen LogP contribution in [0.5, 0.6) is 11.5 Å². The van der Waals surface area contributed by atoms with Gasteiger partial charge in [0.2, 0.25) is 0 Å². The van der Waals surface area contributed by atoms with E-state index in [1.54, 1.807) is 37.3 Å². The number of thioether (sulfide) groups is 1. The first-order valence-corrected chi connectivity index (χ1v) is 11.7. The van der Waals surface area contributed by atoms with Crippen molar-refractivity contribution in [3.63, 3.8) is 0 Å². The Kier molecular flexibility index (Phi) is 7.03. The van der Waals surface area contributed by atoms with E-state index in [9.17, 15) is 14.7 Å². The molecule has 8 heteroatoms. The molecular weight excluding hydrogens is 440 g/mol. The number of aliphatic imine (C=N–C) groups is 1. The van der Waals surface area contributed by atoms with Crippen LogP contribution in [-0.2, 0) is 4.79 Å². The van der Waals surface area contributed by atoms with Gasteiger partial charge in [0.05, 0.1) is 30.4 Å². The molecule has 2 aromatic rings. The van der Waals surface area contributed by atoms with Crippen molar-refractivity contribution in [1.29, 1.82) is 0 Å². The molecule has 1 saturated carbocycles. The number of hydrogen-bond acceptors (Lipinski definition) is 6. The van der Waals surface area contributed by atoms with Crippen LogP contribution in [0.4, 0.5) is 5.69 Å². The zero-order chi connectivity index (χ0) is 23.4. The number of carboxylic acids is 1. The number of methoxy groups -OCH3 is 2. The highest BCUT2D eigenvalue weighted by Crippen LogP contribution is 2.39. The molecule has 2 fully saturated rings. The molecule has 1 heterocycles. The van der Waals surface area contributed by atoms with E-state index in [0.29, 0.717) is 27.3 Å². The van der Waals surface area contributed by atoms with Crippen molar-refractivity contribution in [3.05, 3.63) is 58.5 Å². The second-order valence-corrected chi connectivity index (χ2v) is 8.94. The lowest BCUT2D eigenvalue weighted by Crippen LogP contribution is -2.40. The maximum atomic E-state index is 13.5. The maximum absolute atomic E-state index is 13.5. The SMILES string of the molecule is COc1ccc(/C=C2\SC(=Nc3cccc(C(=O)O)c3)N(C3CCCCC3)C2=O)c(OC)c1. The molecule has 0 radical (unpaired) electrons. The third-order valence-electron chi connectivity index (χ3n) is 5.82. The van der Waals surface area contributed by atoms with Gasteiger partial charge in [-0.15, -0.1) is 0 Å². The lowest BCUT2D eigenvalue weighted by molar-refractivity contribution is -0.124. The van der Waals surface area contributed by atoms with Gasteiger partial charge in [0, 0.05) is 17.7 Å². The number of aromatic carboxylic acids is 1. The number of benzene rings is 2. The summed E-state index contributed by atoms with van der Waals surface area (Å²) in [4.78, 5) is 31.9. The van der Waals surface area contributed by atoms with E-state index in [2.05, 4.69) is 0 Å². The molecule has 1 amide bonds. The Bertz CT molecular complexity index is 1120. The quantitative estimate of drug-likeness (QED) is 0.578. The second kappa shape index (κ2) is 10.1. The van der Waals surface area contributed by atoms with Crippen molar-refractivity contribution < 1.29 is 24.2 Å². The minimum Gasteiger partial charge on any atom is -0.497 e. The van der Waals surface area contributed by atoms with Gasteiger partial charge in [-0.25, -0.2) is 9.79 Å². The van der Waals surface area contributed by atoms with Crippen LogP contribution in [0.3, 0.4) is 0 Å². The number of hydrogen-bond donors (Lipinski definition) is 1. The number of carboxylic acid groups (broad SMARTS) is 1. The summed E-state index contributed by atoms with van der Waals surface area (Å²) in [5.74, 6) is 0.184. The van der Waals surface area contributed by atoms with Crippen LogP contribution in [0.2, 0.25) is 0 Å². The van der Waals surface area contributed by atoms with Gasteiger partial charge in [0.25, 0.3) is 5.91 Å². The number of amidine groups is 1. The summed E-state index contributed by atoms with van der Waals surface area (Å²) in [6.45, 7) is 0. The molecule has 0 atom stereocenters. The van der Waals surface area contributed by atoms with Crippen LogP contribution in [0.1, 0.15) is 48.0 Å². The molecular formula is C25H26N2O5S. The summed E-state index contributed by atoms with van der Waals surface area (Å²) in [5, 5.41) is 9.89. The van der Waals surface area contributed by atoms with E-state index < -0.39 is 5.97 Å². The number of ether oxygens (including phenoxy) is 2. The van der Waals surface area contributed by atoms with Crippen LogP contribution in [0.25, 0.3) is 6.08 Å². The summed E-state index contributed by atoms with van der Waals surface area (Å²) < 4.78 is 10.8. The highest BCUT2D eigenvalue weighted by Gasteiger charge is 2.38. The Balaban J connectivity index is 1.73. The Morgan fingerprint density at radius 3 is 2.61 bits per heavy atom. The predicted molar refractivity (Wildman–Crippen MR) is 129 cm³/mol. The Labute approximate surface area is 197 Å². The Morgan fingerprint density at radius 1 is 1.12 bits per heavy atom. The summed E-state index contributed by atoms with van der Waals surface area (Å²) in [6, 6.07) is 12.0. The number of carbonyl (C=O) groups is 2. The Hall–Kier alpha value is -3.26. The molecule has 1 saturated heterocycles. The standard InChI is InChI=1S/C25H26N2O5S/c1-31-20-12-11-16(21(15-20)32-2)14-22-23(28)27(19-9-4-3-5-10-19)25(33-22)26-18-8-6-7-17(13-18)24(29)30/h6-8,11-15,19H,3-5,9-10H2,1-2H3,(H,29,30)/b22-14-,26-25?. The van der Waals surface area contributed by atoms with Gasteiger partial charge >= 0.3 is 5.97 Å². The smallest absolute Gasteiger partial charge is 0.335 e. The van der Waals surface area contributed by atoms with E-state index in [1.807, 2.05) is 18.2 Å². The molecule has 0 aromatic heterocycles. The van der Waals surface area contributed by atoms with Gasteiger partial charge < -0.3 is 14.6 Å². The van der Waals surface area contributed by atoms with Crippen molar-refractivity contribution >= 4 is 40.6 Å². The van der Waals surface area contributed by atoms with Crippen molar-refractivity contribution in [2.45, 2.75) is 38.1 Å². The summed E-state index contributed by atoms with van der Waals surface area (Å²) >= 11 is 1.31. The molecule has 0 bridgehead atoms. The molecule has 2 aliphatic rings. The van der Waals surface area contributed by atoms with E-state index in [1.165, 1.54) is 30.3 Å². The highest BCUT2D eigenvalue weighted by molar-refractivity contribution is 8.18. The minimum absolute atomic E-state index is 0.0853. The van der Waals surface area contributed by atoms with Crippen LogP contribution < -0.4 is 9.47 Å². The van der Waals surface area contributed by atoms with Crippen LogP contribution in [-0.4, -0.2) is 47.3 Å². The van der Waals surface area contributed by atoms with Crippen molar-refractivity contribution in [2.24, 2.45) is 4.99 Å². The van der Waals surface area contributed by atoms with Crippen molar-refractivity contribution in [1.82, 2.24) is 4.90 Å². The lowest BCUT2D eigenvalue weighted by Gasteiger charge is -2.30. The first-order chi connectivity index (χ1) is 16.0. The fraction of sp³-hybridized carbons (Fsp3) is 0.320. The number of carbonyl (C=O) groups excluding carboxylic acids is 1. The molecule has 1 aliphatic carbocycles. The summed E-state index contributed by atoms with van der Waals surface area (Å²) in [5.41, 5.74) is 1.44. The number of amides is 1. The topological polar surface area (TPSA) is 88.4 Å². The average Bonchev–Trinajstić information content (AvgIpc) is 3.14. The van der Waals surface area contributed by atoms with Gasteiger partial charge in [-0.1, -0.05) is 25.3 Å². The maximum Gasteiger partial charge on any atom is 0.335 e. The molecule has 0 spiro atoms. The molecule has 7 nitrogen and oxygen atoms in total. The second-order valence-electron chi connectivity index (χ2n) is 7.94. The van der Waals surface area contributed by atoms with Gasteiger partial charge in [0.1, 0.15) is 11.5 Å². The van der Waals surface area contributed by atoms with Gasteiger partial charge in [0.15, 0.2) is 5.17 Å². The van der Waals surface area contributed by atoms with Crippen molar-refractivity contribution in [2.75, 3.05) is 14.2 Å². The normalized spacial score (nSPS) is 19.3. The van der Waals surface area contributed by atoms with E-state index >= 15 is 0 Å². The molecule has 172 valence electrons. The minimum atomic E-state index is -1.01. The summed E-state index contributed by atoms with van der Waals surface area (Å²) in [6.07, 6.45) is 7.00. The Morgan fingerprint density at radius 2 is 1.91 bits per heavy atom. The van der Waals surface area contributed by atoms with Crippen LogP contribution in [0.15, 0.2) is 52.4 Å². The monoisotopic (exact) mass is 466 g/mol. The molecule has 1 N–H and O–H groups in total. The third-order valence-corrected chi connectivity index (χ3v) is 6.80. The predicted octanol–water partition coefficient (Wildman–Crippen LogP) is 5.34. The average molecular weight is 467 g/mol. The van der Waals surface area contributed by atoms with Gasteiger partial charge in [-0.2, -0.15) is 0 Å². The fourth-order valence-corrected chi connectivity index (χ4v) is 5.17. The molecule has 2 aromatic carbocycles. The molecule has 4 rings (SSSR count). The molecule has 0 unspecified atom stereocenters. The highest BCUT2D eigenvalue weighted by atomic mass is 32.2. The summed E-state index contributed by atoms with van der Waals surface area (Å²) in [7, 11) is 3.17. The first-order valence-electron chi connectivity index (χ1n) is 10.9. The lowest BCUT2D eigenvalue weighted by atomic mass is 9.94. The fourth-order valence-electron chi connectivity index (χ4n) is 4.12. The first kappa shape index (κ1) is 22.9. The van der Waals surface area contributed by atoms with Gasteiger partial charge in [-0.05, 0) is 61.0 Å². The van der Waals surface area contributed by atoms with Crippen LogP contribution in [0, 0.1) is 0 Å². The number of nitrogens with zero attached hydrogens (tertiary/aromatic N) is 2. The van der Waals surface area contributed by atoms with E-state index in [0.717, 1.165) is 31.2 Å². The van der Waals surface area contributed by atoms with E-state index in [-0.39, 0.29) is 17.5 Å². The van der Waals surface area contributed by atoms with Gasteiger partial charge in [-0.3, -0.25) is 9.69 Å². The third kappa shape index (κ3) is 5.06. The zero-order valence-electron chi connectivity index (χ0n) is 18.6. The molecule has 33 heavy (non-hydrogen) atoms. The zero-order valence-corrected chi connectivity index (χ0v) is 19.4. The molecule has 1 aliphatic heterocycles. The van der Waals surface area contributed by atoms with Crippen molar-refractivity contribution in [3.8, 4) is 11.5 Å². The number of rotatable bonds is 6.